The van der Waals surface area contributed by atoms with E-state index in [9.17, 15) is 0 Å². The second-order valence-corrected chi connectivity index (χ2v) is 17.4. The third kappa shape index (κ3) is 6.84. The average molecular weight is 855 g/mol. The maximum absolute atomic E-state index is 6.27. The van der Waals surface area contributed by atoms with Crippen molar-refractivity contribution in [2.45, 2.75) is 0 Å². The number of furan rings is 1. The van der Waals surface area contributed by atoms with Crippen LogP contribution in [0.5, 0.6) is 0 Å². The van der Waals surface area contributed by atoms with Crippen molar-refractivity contribution in [3.8, 4) is 50.2 Å². The number of fused-ring (bicyclic) bond motifs is 7. The molecular formula is C64H42N2O. The molecule has 0 aliphatic carbocycles. The Morgan fingerprint density at radius 3 is 1.48 bits per heavy atom. The highest BCUT2D eigenvalue weighted by Crippen LogP contribution is 2.40. The van der Waals surface area contributed by atoms with Gasteiger partial charge in [-0.25, -0.2) is 0 Å². The van der Waals surface area contributed by atoms with E-state index in [2.05, 4.69) is 252 Å². The molecule has 0 fully saturated rings. The zero-order chi connectivity index (χ0) is 44.3. The van der Waals surface area contributed by atoms with E-state index in [1.54, 1.807) is 0 Å². The first-order chi connectivity index (χ1) is 33.2. The molecule has 3 heteroatoms. The first kappa shape index (κ1) is 38.5. The van der Waals surface area contributed by atoms with Gasteiger partial charge in [-0.2, -0.15) is 0 Å². The molecule has 0 atom stereocenters. The molecule has 0 amide bonds. The minimum Gasteiger partial charge on any atom is -0.456 e. The number of hydrogen-bond acceptors (Lipinski definition) is 2. The SMILES string of the molecule is c1cc(-c2ccc(N(c3ccc(-c4ccc5c(c4)oc4ccccc45)cc3)c3cccc(-c4ccc5ccccc5c4)c3)cc2)cc(-c2cccc(-n3c4ccccc4c4ccccc43)c2)c1. The fraction of sp³-hybridized carbons (Fsp3) is 0. The number of rotatable bonds is 8. The van der Waals surface area contributed by atoms with Crippen molar-refractivity contribution in [1.29, 1.82) is 0 Å². The number of nitrogens with zero attached hydrogens (tertiary/aromatic N) is 2. The third-order valence-corrected chi connectivity index (χ3v) is 13.4. The predicted octanol–water partition coefficient (Wildman–Crippen LogP) is 18.0. The summed E-state index contributed by atoms with van der Waals surface area (Å²) in [5, 5.41) is 7.27. The van der Waals surface area contributed by atoms with Gasteiger partial charge in [-0.1, -0.05) is 164 Å². The number of benzene rings is 11. The normalized spacial score (nSPS) is 11.6. The van der Waals surface area contributed by atoms with Gasteiger partial charge in [0.1, 0.15) is 11.2 Å². The first-order valence-electron chi connectivity index (χ1n) is 22.9. The van der Waals surface area contributed by atoms with Gasteiger partial charge in [0.05, 0.1) is 11.0 Å². The van der Waals surface area contributed by atoms with E-state index < -0.39 is 0 Å². The lowest BCUT2D eigenvalue weighted by Crippen LogP contribution is -2.10. The number of para-hydroxylation sites is 3. The van der Waals surface area contributed by atoms with Gasteiger partial charge in [0.15, 0.2) is 0 Å². The van der Waals surface area contributed by atoms with Gasteiger partial charge >= 0.3 is 0 Å². The van der Waals surface area contributed by atoms with Crippen LogP contribution in [0.4, 0.5) is 17.1 Å². The van der Waals surface area contributed by atoms with Crippen molar-refractivity contribution in [3.05, 3.63) is 255 Å². The molecule has 13 aromatic rings. The number of aromatic nitrogens is 1. The van der Waals surface area contributed by atoms with Gasteiger partial charge in [0.2, 0.25) is 0 Å². The summed E-state index contributed by atoms with van der Waals surface area (Å²) >= 11 is 0. The fourth-order valence-corrected chi connectivity index (χ4v) is 10.1. The lowest BCUT2D eigenvalue weighted by molar-refractivity contribution is 0.669. The molecule has 11 aromatic carbocycles. The average Bonchev–Trinajstić information content (AvgIpc) is 3.95. The van der Waals surface area contributed by atoms with Gasteiger partial charge in [-0.15, -0.1) is 0 Å². The standard InChI is InChI=1S/C64H42N2O/c1-2-13-46-39-51(27-26-43(46)12-1)50-17-10-18-55(40-50)65(54-35-30-45(31-36-54)52-32-37-60-59-22-5-8-25-63(59)67-64(60)42-52)53-33-28-44(29-34-53)47-14-9-15-48(38-47)49-16-11-19-56(41-49)66-61-23-6-3-20-57(61)58-21-4-7-24-62(58)66/h1-42H. The van der Waals surface area contributed by atoms with Crippen LogP contribution in [0.25, 0.3) is 105 Å². The summed E-state index contributed by atoms with van der Waals surface area (Å²) < 4.78 is 8.65. The van der Waals surface area contributed by atoms with Crippen LogP contribution < -0.4 is 4.90 Å². The zero-order valence-electron chi connectivity index (χ0n) is 36.6. The Bertz CT molecular complexity index is 3930. The van der Waals surface area contributed by atoms with Crippen LogP contribution in [0.1, 0.15) is 0 Å². The highest BCUT2D eigenvalue weighted by molar-refractivity contribution is 6.09. The Hall–Kier alpha value is -8.92. The van der Waals surface area contributed by atoms with Crippen molar-refractivity contribution in [1.82, 2.24) is 4.57 Å². The second-order valence-electron chi connectivity index (χ2n) is 17.4. The fourth-order valence-electron chi connectivity index (χ4n) is 10.1. The Balaban J connectivity index is 0.856. The zero-order valence-corrected chi connectivity index (χ0v) is 36.6. The Morgan fingerprint density at radius 2 is 0.761 bits per heavy atom. The molecule has 0 N–H and O–H groups in total. The van der Waals surface area contributed by atoms with Gasteiger partial charge in [-0.3, -0.25) is 0 Å². The Kier molecular flexibility index (Phi) is 9.17. The summed E-state index contributed by atoms with van der Waals surface area (Å²) in [6.45, 7) is 0. The second kappa shape index (κ2) is 16.0. The molecule has 13 rings (SSSR count). The van der Waals surface area contributed by atoms with E-state index in [1.807, 2.05) is 12.1 Å². The van der Waals surface area contributed by atoms with E-state index in [1.165, 1.54) is 60.4 Å². The summed E-state index contributed by atoms with van der Waals surface area (Å²) in [6, 6.07) is 92.0. The van der Waals surface area contributed by atoms with Gasteiger partial charge in [0.25, 0.3) is 0 Å². The van der Waals surface area contributed by atoms with Crippen LogP contribution in [0.2, 0.25) is 0 Å². The molecule has 2 aromatic heterocycles. The molecule has 0 saturated heterocycles. The van der Waals surface area contributed by atoms with Gasteiger partial charge < -0.3 is 13.9 Å². The van der Waals surface area contributed by atoms with Crippen LogP contribution in [0.3, 0.4) is 0 Å². The minimum absolute atomic E-state index is 0.897. The molecule has 67 heavy (non-hydrogen) atoms. The lowest BCUT2D eigenvalue weighted by Gasteiger charge is -2.26. The highest BCUT2D eigenvalue weighted by Gasteiger charge is 2.17. The van der Waals surface area contributed by atoms with Crippen molar-refractivity contribution < 1.29 is 4.42 Å². The van der Waals surface area contributed by atoms with Crippen molar-refractivity contribution in [2.75, 3.05) is 4.90 Å². The minimum atomic E-state index is 0.897. The molecule has 0 unspecified atom stereocenters. The van der Waals surface area contributed by atoms with E-state index in [4.69, 9.17) is 4.42 Å². The van der Waals surface area contributed by atoms with Crippen LogP contribution in [-0.4, -0.2) is 4.57 Å². The maximum atomic E-state index is 6.27. The van der Waals surface area contributed by atoms with Gasteiger partial charge in [-0.05, 0) is 146 Å². The molecule has 0 aliphatic rings. The van der Waals surface area contributed by atoms with Crippen LogP contribution in [-0.2, 0) is 0 Å². The summed E-state index contributed by atoms with van der Waals surface area (Å²) in [4.78, 5) is 2.36. The monoisotopic (exact) mass is 854 g/mol. The highest BCUT2D eigenvalue weighted by atomic mass is 16.3. The van der Waals surface area contributed by atoms with E-state index in [-0.39, 0.29) is 0 Å². The smallest absolute Gasteiger partial charge is 0.136 e. The summed E-state index contributed by atoms with van der Waals surface area (Å²) in [7, 11) is 0. The van der Waals surface area contributed by atoms with Crippen LogP contribution >= 0.6 is 0 Å². The number of anilines is 3. The number of hydrogen-bond donors (Lipinski definition) is 0. The molecular weight excluding hydrogens is 813 g/mol. The Morgan fingerprint density at radius 1 is 0.269 bits per heavy atom. The molecule has 0 radical (unpaired) electrons. The largest absolute Gasteiger partial charge is 0.456 e. The molecule has 0 bridgehead atoms. The summed E-state index contributed by atoms with van der Waals surface area (Å²) in [6.07, 6.45) is 0. The Labute approximate surface area is 388 Å². The lowest BCUT2D eigenvalue weighted by atomic mass is 9.98. The van der Waals surface area contributed by atoms with Crippen molar-refractivity contribution >= 4 is 71.6 Å². The van der Waals surface area contributed by atoms with Crippen molar-refractivity contribution in [3.63, 3.8) is 0 Å². The summed E-state index contributed by atoms with van der Waals surface area (Å²) in [5.41, 5.74) is 17.9. The van der Waals surface area contributed by atoms with Crippen LogP contribution in [0.15, 0.2) is 259 Å². The molecule has 3 nitrogen and oxygen atoms in total. The molecule has 0 spiro atoms. The molecule has 314 valence electrons. The predicted molar refractivity (Wildman–Crippen MR) is 282 cm³/mol. The quantitative estimate of drug-likeness (QED) is 0.152. The van der Waals surface area contributed by atoms with E-state index >= 15 is 0 Å². The third-order valence-electron chi connectivity index (χ3n) is 13.4. The van der Waals surface area contributed by atoms with E-state index in [0.29, 0.717) is 0 Å². The molecule has 2 heterocycles. The van der Waals surface area contributed by atoms with Crippen LogP contribution in [0, 0.1) is 0 Å². The summed E-state index contributed by atoms with van der Waals surface area (Å²) in [5.74, 6) is 0. The van der Waals surface area contributed by atoms with Gasteiger partial charge in [0, 0.05) is 44.3 Å². The first-order valence-corrected chi connectivity index (χ1v) is 22.9. The molecule has 0 aliphatic heterocycles. The van der Waals surface area contributed by atoms with Crippen molar-refractivity contribution in [2.24, 2.45) is 0 Å². The maximum Gasteiger partial charge on any atom is 0.136 e. The molecule has 0 saturated carbocycles. The topological polar surface area (TPSA) is 21.3 Å². The van der Waals surface area contributed by atoms with E-state index in [0.717, 1.165) is 61.4 Å².